The van der Waals surface area contributed by atoms with Gasteiger partial charge >= 0.3 is 19.8 Å². The van der Waals surface area contributed by atoms with Crippen molar-refractivity contribution in [1.82, 2.24) is 0 Å². The van der Waals surface area contributed by atoms with Crippen LogP contribution in [0.2, 0.25) is 0 Å². The largest absolute Gasteiger partial charge is 0.472 e. The first-order valence-electron chi connectivity index (χ1n) is 27.9. The molecule has 2 unspecified atom stereocenters. The van der Waals surface area contributed by atoms with Gasteiger partial charge in [-0.15, -0.1) is 0 Å². The molecule has 74 heavy (non-hydrogen) atoms. The van der Waals surface area contributed by atoms with Gasteiger partial charge in [-0.05, 0) is 128 Å². The number of unbranched alkanes of at least 4 members (excludes halogenated alkanes) is 6. The lowest BCUT2D eigenvalue weighted by Gasteiger charge is -2.24. The number of likely N-dealkylation sites (N-methyl/N-ethyl adjacent to an activating group) is 1. The van der Waals surface area contributed by atoms with E-state index < -0.39 is 32.5 Å². The number of ether oxygens (including phenoxy) is 2. The summed E-state index contributed by atoms with van der Waals surface area (Å²) in [6.45, 7) is 4.08. The van der Waals surface area contributed by atoms with Gasteiger partial charge in [0.1, 0.15) is 19.8 Å². The van der Waals surface area contributed by atoms with E-state index in [1.165, 1.54) is 0 Å². The van der Waals surface area contributed by atoms with Crippen LogP contribution in [0.15, 0.2) is 170 Å². The predicted octanol–water partition coefficient (Wildman–Crippen LogP) is 17.5. The molecule has 0 saturated carbocycles. The smallest absolute Gasteiger partial charge is 0.462 e. The lowest BCUT2D eigenvalue weighted by atomic mass is 10.1. The van der Waals surface area contributed by atoms with E-state index in [-0.39, 0.29) is 26.1 Å². The second-order valence-electron chi connectivity index (χ2n) is 18.8. The van der Waals surface area contributed by atoms with Gasteiger partial charge in [0.2, 0.25) is 0 Å². The maximum atomic E-state index is 12.8. The third-order valence-corrected chi connectivity index (χ3v) is 11.7. The zero-order chi connectivity index (χ0) is 54.2. The Morgan fingerprint density at radius 2 is 0.730 bits per heavy atom. The Bertz CT molecular complexity index is 1850. The normalized spacial score (nSPS) is 14.6. The molecule has 0 bridgehead atoms. The molecular formula is C64H101NO8P+. The molecule has 0 rings (SSSR count). The number of esters is 2. The molecule has 0 aliphatic rings. The van der Waals surface area contributed by atoms with Crippen LogP contribution in [0.4, 0.5) is 0 Å². The quantitative estimate of drug-likeness (QED) is 0.0211. The minimum atomic E-state index is -4.42. The molecule has 0 spiro atoms. The van der Waals surface area contributed by atoms with Crippen LogP contribution in [0.25, 0.3) is 0 Å². The second kappa shape index (κ2) is 53.2. The third kappa shape index (κ3) is 56.7. The number of rotatable bonds is 48. The fraction of sp³-hybridized carbons (Fsp3) is 0.531. The Balaban J connectivity index is 4.38. The summed E-state index contributed by atoms with van der Waals surface area (Å²) in [6.07, 6.45) is 81.3. The maximum Gasteiger partial charge on any atom is 0.472 e. The summed E-state index contributed by atoms with van der Waals surface area (Å²) >= 11 is 0. The lowest BCUT2D eigenvalue weighted by Crippen LogP contribution is -2.37. The third-order valence-electron chi connectivity index (χ3n) is 10.7. The number of phosphoric acid groups is 1. The van der Waals surface area contributed by atoms with Crippen molar-refractivity contribution in [3.63, 3.8) is 0 Å². The number of carbonyl (C=O) groups excluding carboxylic acids is 2. The first-order valence-corrected chi connectivity index (χ1v) is 29.4. The van der Waals surface area contributed by atoms with E-state index in [0.29, 0.717) is 23.9 Å². The molecule has 2 atom stereocenters. The number of nitrogens with zero attached hydrogens (tertiary/aromatic N) is 1. The van der Waals surface area contributed by atoms with Gasteiger partial charge in [-0.25, -0.2) is 4.57 Å². The fourth-order valence-electron chi connectivity index (χ4n) is 6.50. The van der Waals surface area contributed by atoms with Crippen molar-refractivity contribution in [3.05, 3.63) is 170 Å². The summed E-state index contributed by atoms with van der Waals surface area (Å²) in [5, 5.41) is 0. The van der Waals surface area contributed by atoms with Gasteiger partial charge in [0.15, 0.2) is 6.10 Å². The molecule has 0 heterocycles. The highest BCUT2D eigenvalue weighted by atomic mass is 31.2. The van der Waals surface area contributed by atoms with Gasteiger partial charge < -0.3 is 18.9 Å². The minimum absolute atomic E-state index is 0.00806. The first kappa shape index (κ1) is 69.4. The van der Waals surface area contributed by atoms with Crippen LogP contribution in [0.3, 0.4) is 0 Å². The van der Waals surface area contributed by atoms with E-state index in [1.807, 2.05) is 21.1 Å². The monoisotopic (exact) mass is 1040 g/mol. The molecule has 0 fully saturated rings. The zero-order valence-corrected chi connectivity index (χ0v) is 47.6. The van der Waals surface area contributed by atoms with Crippen LogP contribution >= 0.6 is 7.82 Å². The molecule has 10 heteroatoms. The summed E-state index contributed by atoms with van der Waals surface area (Å²) in [6, 6.07) is 0. The van der Waals surface area contributed by atoms with Crippen LogP contribution in [0, 0.1) is 0 Å². The SMILES string of the molecule is CC/C=C\C/C=C\C/C=C\C/C=C\C/C=C\C/C=C\C/C=C\C/C=C\C/C=C\CCCCCC(=O)OC(COC(=O)CCCCC/C=C\C/C=C\C/C=C\C/C=C\C/C=C\CC)COP(=O)(O)OCC[N+](C)(C)C. The standard InChI is InChI=1S/C64H100NO8P/c1-6-8-10-12-14-16-18-20-22-24-26-27-28-29-30-31-32-33-34-35-36-37-39-41-43-45-47-49-51-53-55-57-64(67)73-62(61-72-74(68,69)71-59-58-65(3,4)5)60-70-63(66)56-54-52-50-48-46-44-42-40-38-25-23-21-19-17-15-13-11-9-7-2/h8-11,14-17,20-23,26-27,29-30,32-33,35-36,38-41,44-47,62H,6-7,12-13,18-19,24-25,28,31,34,37,42-43,48-61H2,1-5H3/p+1/b10-8-,11-9-,16-14-,17-15-,22-20-,23-21-,27-26-,30-29-,33-32-,36-35-,40-38-,41-39-,46-44-,47-45-. The molecule has 0 amide bonds. The van der Waals surface area contributed by atoms with E-state index in [9.17, 15) is 19.0 Å². The van der Waals surface area contributed by atoms with Gasteiger partial charge in [0.05, 0.1) is 27.7 Å². The number of hydrogen-bond acceptors (Lipinski definition) is 7. The van der Waals surface area contributed by atoms with Crippen LogP contribution in [-0.4, -0.2) is 74.9 Å². The van der Waals surface area contributed by atoms with Crippen molar-refractivity contribution in [1.29, 1.82) is 0 Å². The molecule has 9 nitrogen and oxygen atoms in total. The van der Waals surface area contributed by atoms with Crippen molar-refractivity contribution in [2.24, 2.45) is 0 Å². The van der Waals surface area contributed by atoms with Crippen LogP contribution in [-0.2, 0) is 32.7 Å². The van der Waals surface area contributed by atoms with Crippen LogP contribution in [0.5, 0.6) is 0 Å². The lowest BCUT2D eigenvalue weighted by molar-refractivity contribution is -0.870. The topological polar surface area (TPSA) is 108 Å². The van der Waals surface area contributed by atoms with Gasteiger partial charge in [-0.2, -0.15) is 0 Å². The molecule has 0 radical (unpaired) electrons. The van der Waals surface area contributed by atoms with Crippen LogP contribution in [0.1, 0.15) is 168 Å². The van der Waals surface area contributed by atoms with E-state index >= 15 is 0 Å². The minimum Gasteiger partial charge on any atom is -0.462 e. The average molecular weight is 1040 g/mol. The molecule has 1 N–H and O–H groups in total. The van der Waals surface area contributed by atoms with E-state index in [1.54, 1.807) is 0 Å². The molecule has 0 saturated heterocycles. The first-order chi connectivity index (χ1) is 36.0. The summed E-state index contributed by atoms with van der Waals surface area (Å²) in [5.41, 5.74) is 0. The van der Waals surface area contributed by atoms with E-state index in [0.717, 1.165) is 128 Å². The highest BCUT2D eigenvalue weighted by molar-refractivity contribution is 7.47. The molecule has 0 aromatic heterocycles. The summed E-state index contributed by atoms with van der Waals surface area (Å²) < 4.78 is 34.4. The van der Waals surface area contributed by atoms with E-state index in [4.69, 9.17) is 18.5 Å². The van der Waals surface area contributed by atoms with Gasteiger partial charge in [0.25, 0.3) is 0 Å². The molecule has 414 valence electrons. The number of hydrogen-bond donors (Lipinski definition) is 1. The highest BCUT2D eigenvalue weighted by Gasteiger charge is 2.27. The van der Waals surface area contributed by atoms with Gasteiger partial charge in [-0.1, -0.05) is 197 Å². The predicted molar refractivity (Wildman–Crippen MR) is 316 cm³/mol. The average Bonchev–Trinajstić information content (AvgIpc) is 3.36. The second-order valence-corrected chi connectivity index (χ2v) is 20.3. The molecule has 0 aliphatic heterocycles. The van der Waals surface area contributed by atoms with Crippen molar-refractivity contribution in [2.45, 2.75) is 174 Å². The maximum absolute atomic E-state index is 12.8. The Kier molecular flexibility index (Phi) is 49.9. The van der Waals surface area contributed by atoms with Crippen molar-refractivity contribution in [2.75, 3.05) is 47.5 Å². The summed E-state index contributed by atoms with van der Waals surface area (Å²) in [5.74, 6) is -0.893. The Morgan fingerprint density at radius 3 is 1.05 bits per heavy atom. The molecular weight excluding hydrogens is 942 g/mol. The Hall–Kier alpha value is -4.63. The fourth-order valence-corrected chi connectivity index (χ4v) is 7.24. The highest BCUT2D eigenvalue weighted by Crippen LogP contribution is 2.43. The number of allylic oxidation sites excluding steroid dienone is 28. The molecule has 0 aromatic rings. The van der Waals surface area contributed by atoms with Crippen molar-refractivity contribution >= 4 is 19.8 Å². The Labute approximate surface area is 451 Å². The zero-order valence-electron chi connectivity index (χ0n) is 46.7. The number of phosphoric ester groups is 1. The van der Waals surface area contributed by atoms with Gasteiger partial charge in [0, 0.05) is 12.8 Å². The number of carbonyl (C=O) groups is 2. The Morgan fingerprint density at radius 1 is 0.419 bits per heavy atom. The van der Waals surface area contributed by atoms with Gasteiger partial charge in [-0.3, -0.25) is 18.6 Å². The van der Waals surface area contributed by atoms with Crippen molar-refractivity contribution in [3.8, 4) is 0 Å². The molecule has 0 aliphatic carbocycles. The van der Waals surface area contributed by atoms with E-state index in [2.05, 4.69) is 184 Å². The van der Waals surface area contributed by atoms with Crippen molar-refractivity contribution < 1.29 is 42.1 Å². The molecule has 0 aromatic carbocycles. The summed E-state index contributed by atoms with van der Waals surface area (Å²) in [7, 11) is 1.40. The summed E-state index contributed by atoms with van der Waals surface area (Å²) in [4.78, 5) is 35.6. The van der Waals surface area contributed by atoms with Crippen LogP contribution < -0.4 is 0 Å². The number of quaternary nitrogens is 1.